The van der Waals surface area contributed by atoms with E-state index >= 15 is 0 Å². The van der Waals surface area contributed by atoms with Gasteiger partial charge in [0.05, 0.1) is 0 Å². The SMILES string of the molecule is CC.CCC1(C)CCc2ccccc21.CN. The second kappa shape index (κ2) is 7.45. The van der Waals surface area contributed by atoms with Gasteiger partial charge in [-0.2, -0.15) is 0 Å². The van der Waals surface area contributed by atoms with E-state index in [0.29, 0.717) is 5.41 Å². The maximum atomic E-state index is 4.50. The summed E-state index contributed by atoms with van der Waals surface area (Å²) in [6.07, 6.45) is 3.88. The van der Waals surface area contributed by atoms with Crippen molar-refractivity contribution in [2.24, 2.45) is 5.73 Å². The van der Waals surface area contributed by atoms with Gasteiger partial charge in [0.15, 0.2) is 0 Å². The van der Waals surface area contributed by atoms with Gasteiger partial charge in [0.25, 0.3) is 0 Å². The van der Waals surface area contributed by atoms with Crippen LogP contribution in [-0.2, 0) is 11.8 Å². The molecule has 16 heavy (non-hydrogen) atoms. The zero-order chi connectivity index (χ0) is 12.6. The zero-order valence-corrected chi connectivity index (χ0v) is 11.5. The predicted molar refractivity (Wildman–Crippen MR) is 73.9 cm³/mol. The molecule has 1 aromatic rings. The standard InChI is InChI=1S/C12H16.C2H6.CH5N/c1-3-12(2)9-8-10-6-4-5-7-11(10)12;2*1-2/h4-7H,3,8-9H2,1-2H3;1-2H3;2H2,1H3. The average molecular weight is 221 g/mol. The first-order valence-electron chi connectivity index (χ1n) is 6.42. The molecular formula is C15H27N. The van der Waals surface area contributed by atoms with Crippen molar-refractivity contribution in [3.05, 3.63) is 35.4 Å². The topological polar surface area (TPSA) is 26.0 Å². The van der Waals surface area contributed by atoms with Crippen LogP contribution in [0.1, 0.15) is 51.7 Å². The molecule has 1 aliphatic carbocycles. The lowest BCUT2D eigenvalue weighted by molar-refractivity contribution is 0.453. The van der Waals surface area contributed by atoms with E-state index in [1.807, 2.05) is 13.8 Å². The largest absolute Gasteiger partial charge is 0.333 e. The smallest absolute Gasteiger partial charge is 0.00720 e. The molecule has 0 aromatic heterocycles. The maximum absolute atomic E-state index is 4.50. The zero-order valence-electron chi connectivity index (χ0n) is 11.5. The molecule has 0 radical (unpaired) electrons. The number of hydrogen-bond donors (Lipinski definition) is 1. The molecule has 0 heterocycles. The Balaban J connectivity index is 0.000000509. The van der Waals surface area contributed by atoms with Crippen LogP contribution in [0.3, 0.4) is 0 Å². The van der Waals surface area contributed by atoms with Gasteiger partial charge in [0.1, 0.15) is 0 Å². The molecule has 1 heteroatoms. The highest BCUT2D eigenvalue weighted by Crippen LogP contribution is 2.40. The first kappa shape index (κ1) is 15.2. The summed E-state index contributed by atoms with van der Waals surface area (Å²) in [5.41, 5.74) is 8.13. The minimum Gasteiger partial charge on any atom is -0.333 e. The molecule has 1 aromatic carbocycles. The van der Waals surface area contributed by atoms with Crippen molar-refractivity contribution in [3.8, 4) is 0 Å². The van der Waals surface area contributed by atoms with Crippen molar-refractivity contribution in [2.75, 3.05) is 7.05 Å². The van der Waals surface area contributed by atoms with E-state index in [-0.39, 0.29) is 0 Å². The average Bonchev–Trinajstić information content (AvgIpc) is 2.74. The molecule has 92 valence electrons. The Morgan fingerprint density at radius 2 is 1.75 bits per heavy atom. The second-order valence-corrected chi connectivity index (χ2v) is 4.07. The second-order valence-electron chi connectivity index (χ2n) is 4.07. The lowest BCUT2D eigenvalue weighted by Crippen LogP contribution is -2.15. The molecule has 1 nitrogen and oxygen atoms in total. The molecule has 1 atom stereocenters. The van der Waals surface area contributed by atoms with Crippen LogP contribution in [-0.4, -0.2) is 7.05 Å². The van der Waals surface area contributed by atoms with E-state index in [1.165, 1.54) is 26.3 Å². The lowest BCUT2D eigenvalue weighted by atomic mass is 9.82. The van der Waals surface area contributed by atoms with E-state index in [9.17, 15) is 0 Å². The Kier molecular flexibility index (Phi) is 7.07. The van der Waals surface area contributed by atoms with Crippen molar-refractivity contribution in [1.82, 2.24) is 0 Å². The fourth-order valence-corrected chi connectivity index (χ4v) is 2.24. The van der Waals surface area contributed by atoms with Crippen LogP contribution >= 0.6 is 0 Å². The van der Waals surface area contributed by atoms with Gasteiger partial charge in [0, 0.05) is 0 Å². The Hall–Kier alpha value is -0.820. The number of nitrogens with two attached hydrogens (primary N) is 1. The number of aryl methyl sites for hydroxylation is 1. The molecule has 0 bridgehead atoms. The molecule has 1 unspecified atom stereocenters. The van der Waals surface area contributed by atoms with Gasteiger partial charge in [0.2, 0.25) is 0 Å². The van der Waals surface area contributed by atoms with Crippen LogP contribution in [0.5, 0.6) is 0 Å². The summed E-state index contributed by atoms with van der Waals surface area (Å²) in [6, 6.07) is 8.89. The molecular weight excluding hydrogens is 194 g/mol. The number of hydrogen-bond acceptors (Lipinski definition) is 1. The monoisotopic (exact) mass is 221 g/mol. The first-order valence-corrected chi connectivity index (χ1v) is 6.42. The maximum Gasteiger partial charge on any atom is -0.00720 e. The number of rotatable bonds is 1. The highest BCUT2D eigenvalue weighted by Gasteiger charge is 2.31. The van der Waals surface area contributed by atoms with Crippen LogP contribution in [0.15, 0.2) is 24.3 Å². The van der Waals surface area contributed by atoms with Gasteiger partial charge in [-0.25, -0.2) is 0 Å². The summed E-state index contributed by atoms with van der Waals surface area (Å²) in [5.74, 6) is 0. The van der Waals surface area contributed by atoms with Crippen LogP contribution in [0.2, 0.25) is 0 Å². The quantitative estimate of drug-likeness (QED) is 0.764. The van der Waals surface area contributed by atoms with Crippen molar-refractivity contribution in [3.63, 3.8) is 0 Å². The third-order valence-electron chi connectivity index (χ3n) is 3.39. The Bertz CT molecular complexity index is 293. The van der Waals surface area contributed by atoms with Crippen LogP contribution < -0.4 is 5.73 Å². The molecule has 0 saturated carbocycles. The van der Waals surface area contributed by atoms with Crippen molar-refractivity contribution in [2.45, 2.75) is 52.4 Å². The van der Waals surface area contributed by atoms with Gasteiger partial charge >= 0.3 is 0 Å². The summed E-state index contributed by atoms with van der Waals surface area (Å²) >= 11 is 0. The Labute approximate surface area is 101 Å². The molecule has 0 aliphatic heterocycles. The van der Waals surface area contributed by atoms with Gasteiger partial charge in [-0.15, -0.1) is 0 Å². The summed E-state index contributed by atoms with van der Waals surface area (Å²) in [4.78, 5) is 0. The third kappa shape index (κ3) is 3.08. The predicted octanol–water partition coefficient (Wildman–Crippen LogP) is 3.90. The molecule has 0 spiro atoms. The molecule has 2 N–H and O–H groups in total. The van der Waals surface area contributed by atoms with Gasteiger partial charge < -0.3 is 5.73 Å². The van der Waals surface area contributed by atoms with Crippen LogP contribution in [0.25, 0.3) is 0 Å². The van der Waals surface area contributed by atoms with Crippen molar-refractivity contribution in [1.29, 1.82) is 0 Å². The molecule has 0 amide bonds. The molecule has 2 rings (SSSR count). The van der Waals surface area contributed by atoms with E-state index in [4.69, 9.17) is 0 Å². The fraction of sp³-hybridized carbons (Fsp3) is 0.600. The molecule has 0 fully saturated rings. The Morgan fingerprint density at radius 1 is 1.19 bits per heavy atom. The van der Waals surface area contributed by atoms with E-state index in [1.54, 1.807) is 11.1 Å². The highest BCUT2D eigenvalue weighted by atomic mass is 14.4. The van der Waals surface area contributed by atoms with E-state index in [0.717, 1.165) is 0 Å². The van der Waals surface area contributed by atoms with Gasteiger partial charge in [-0.1, -0.05) is 52.0 Å². The summed E-state index contributed by atoms with van der Waals surface area (Å²) in [7, 11) is 1.50. The number of fused-ring (bicyclic) bond motifs is 1. The molecule has 0 saturated heterocycles. The molecule has 1 aliphatic rings. The number of benzene rings is 1. The van der Waals surface area contributed by atoms with Gasteiger partial charge in [-0.3, -0.25) is 0 Å². The Morgan fingerprint density at radius 3 is 2.31 bits per heavy atom. The summed E-state index contributed by atoms with van der Waals surface area (Å²) in [6.45, 7) is 8.68. The minimum atomic E-state index is 0.469. The highest BCUT2D eigenvalue weighted by molar-refractivity contribution is 5.38. The van der Waals surface area contributed by atoms with Gasteiger partial charge in [-0.05, 0) is 42.9 Å². The van der Waals surface area contributed by atoms with E-state index in [2.05, 4.69) is 43.8 Å². The van der Waals surface area contributed by atoms with Crippen molar-refractivity contribution < 1.29 is 0 Å². The first-order chi connectivity index (χ1) is 7.76. The normalized spacial score (nSPS) is 21.1. The minimum absolute atomic E-state index is 0.469. The summed E-state index contributed by atoms with van der Waals surface area (Å²) in [5, 5.41) is 0. The van der Waals surface area contributed by atoms with Crippen molar-refractivity contribution >= 4 is 0 Å². The fourth-order valence-electron chi connectivity index (χ4n) is 2.24. The van der Waals surface area contributed by atoms with E-state index < -0.39 is 0 Å². The lowest BCUT2D eigenvalue weighted by Gasteiger charge is -2.23. The summed E-state index contributed by atoms with van der Waals surface area (Å²) < 4.78 is 0. The van der Waals surface area contributed by atoms with Crippen LogP contribution in [0.4, 0.5) is 0 Å². The van der Waals surface area contributed by atoms with Crippen LogP contribution in [0, 0.1) is 0 Å². The third-order valence-corrected chi connectivity index (χ3v) is 3.39.